The molecule has 0 saturated carbocycles. The molecule has 0 saturated heterocycles. The maximum atomic E-state index is 11.5. The molecular weight excluding hydrogens is 382 g/mol. The number of hydrogen-bond acceptors (Lipinski definition) is 3. The largest absolute Gasteiger partial charge is 0.488 e. The number of aromatic carboxylic acids is 1. The van der Waals surface area contributed by atoms with Gasteiger partial charge in [0.25, 0.3) is 0 Å². The molecule has 0 spiro atoms. The number of fused-ring (bicyclic) bond motifs is 1. The van der Waals surface area contributed by atoms with Crippen molar-refractivity contribution in [3.8, 4) is 17.0 Å². The summed E-state index contributed by atoms with van der Waals surface area (Å²) in [7, 11) is 0. The Morgan fingerprint density at radius 3 is 2.37 bits per heavy atom. The first kappa shape index (κ1) is 19.3. The van der Waals surface area contributed by atoms with Crippen LogP contribution in [0.4, 0.5) is 0 Å². The zero-order valence-electron chi connectivity index (χ0n) is 16.0. The molecule has 0 bridgehead atoms. The Kier molecular flexibility index (Phi) is 5.22. The number of carboxylic acid groups (broad SMARTS) is 2. The fourth-order valence-electron chi connectivity index (χ4n) is 3.48. The molecule has 0 aliphatic heterocycles. The number of benzene rings is 3. The van der Waals surface area contributed by atoms with Crippen molar-refractivity contribution in [2.45, 2.75) is 13.0 Å². The lowest BCUT2D eigenvalue weighted by atomic mass is 10.0. The van der Waals surface area contributed by atoms with E-state index in [1.54, 1.807) is 6.07 Å². The van der Waals surface area contributed by atoms with Gasteiger partial charge in [0.05, 0.1) is 17.7 Å². The Hall–Kier alpha value is -4.06. The van der Waals surface area contributed by atoms with E-state index >= 15 is 0 Å². The molecule has 6 nitrogen and oxygen atoms in total. The summed E-state index contributed by atoms with van der Waals surface area (Å²) in [6.45, 7) is 0.371. The van der Waals surface area contributed by atoms with E-state index in [2.05, 4.69) is 4.98 Å². The topological polar surface area (TPSA) is 99.6 Å². The molecule has 6 heteroatoms. The zero-order chi connectivity index (χ0) is 21.1. The molecule has 0 fully saturated rings. The van der Waals surface area contributed by atoms with Crippen molar-refractivity contribution in [2.75, 3.05) is 0 Å². The lowest BCUT2D eigenvalue weighted by molar-refractivity contribution is -0.136. The van der Waals surface area contributed by atoms with Gasteiger partial charge in [-0.2, -0.15) is 0 Å². The molecule has 3 aromatic carbocycles. The first-order chi connectivity index (χ1) is 14.5. The lowest BCUT2D eigenvalue weighted by Gasteiger charge is -2.12. The quantitative estimate of drug-likeness (QED) is 0.415. The highest BCUT2D eigenvalue weighted by molar-refractivity contribution is 5.99. The molecule has 150 valence electrons. The molecule has 0 aliphatic carbocycles. The van der Waals surface area contributed by atoms with Crippen molar-refractivity contribution in [1.82, 2.24) is 4.98 Å². The van der Waals surface area contributed by atoms with Crippen molar-refractivity contribution in [1.29, 1.82) is 0 Å². The minimum atomic E-state index is -1.06. The van der Waals surface area contributed by atoms with Crippen LogP contribution in [0.5, 0.6) is 5.75 Å². The number of carbonyl (C=O) groups is 2. The number of aliphatic carboxylic acids is 1. The Morgan fingerprint density at radius 2 is 1.63 bits per heavy atom. The molecule has 0 atom stereocenters. The molecule has 1 aromatic heterocycles. The van der Waals surface area contributed by atoms with Gasteiger partial charge in [-0.05, 0) is 41.5 Å². The number of nitrogens with one attached hydrogen (secondary N) is 1. The number of para-hydroxylation sites is 1. The summed E-state index contributed by atoms with van der Waals surface area (Å²) in [5, 5.41) is 19.3. The van der Waals surface area contributed by atoms with E-state index in [9.17, 15) is 19.8 Å². The first-order valence-electron chi connectivity index (χ1n) is 9.38. The maximum Gasteiger partial charge on any atom is 0.335 e. The number of H-pyrrole nitrogens is 1. The number of aromatic amines is 1. The van der Waals surface area contributed by atoms with Crippen molar-refractivity contribution in [2.24, 2.45) is 0 Å². The van der Waals surface area contributed by atoms with Crippen LogP contribution < -0.4 is 4.74 Å². The van der Waals surface area contributed by atoms with Gasteiger partial charge >= 0.3 is 11.9 Å². The van der Waals surface area contributed by atoms with Gasteiger partial charge in [0.1, 0.15) is 12.4 Å². The lowest BCUT2D eigenvalue weighted by Crippen LogP contribution is -2.02. The second kappa shape index (κ2) is 8.13. The number of ether oxygens (including phenoxy) is 1. The van der Waals surface area contributed by atoms with E-state index in [1.807, 2.05) is 54.6 Å². The third kappa shape index (κ3) is 3.89. The zero-order valence-corrected chi connectivity index (χ0v) is 16.0. The van der Waals surface area contributed by atoms with E-state index in [0.29, 0.717) is 34.5 Å². The normalized spacial score (nSPS) is 10.8. The van der Waals surface area contributed by atoms with Crippen LogP contribution in [0.2, 0.25) is 0 Å². The molecule has 0 unspecified atom stereocenters. The van der Waals surface area contributed by atoms with Crippen LogP contribution in [0.25, 0.3) is 22.2 Å². The van der Waals surface area contributed by atoms with E-state index < -0.39 is 11.9 Å². The van der Waals surface area contributed by atoms with E-state index in [4.69, 9.17) is 4.74 Å². The SMILES string of the molecule is O=C(O)Cc1c(-c2ccccc2OCc2ccccc2)[nH]c2ccc(C(=O)O)cc12. The summed E-state index contributed by atoms with van der Waals surface area (Å²) in [6, 6.07) is 21.8. The third-order valence-electron chi connectivity index (χ3n) is 4.87. The van der Waals surface area contributed by atoms with Gasteiger partial charge in [-0.1, -0.05) is 42.5 Å². The molecule has 1 heterocycles. The van der Waals surface area contributed by atoms with Crippen LogP contribution in [-0.2, 0) is 17.8 Å². The summed E-state index contributed by atoms with van der Waals surface area (Å²) in [6.07, 6.45) is -0.245. The second-order valence-corrected chi connectivity index (χ2v) is 6.89. The predicted molar refractivity (Wildman–Crippen MR) is 113 cm³/mol. The van der Waals surface area contributed by atoms with Crippen LogP contribution in [0, 0.1) is 0 Å². The molecule has 4 aromatic rings. The summed E-state index contributed by atoms with van der Waals surface area (Å²) < 4.78 is 6.03. The average Bonchev–Trinajstić information content (AvgIpc) is 3.10. The maximum absolute atomic E-state index is 11.5. The molecule has 4 rings (SSSR count). The Bertz CT molecular complexity index is 1230. The molecule has 0 aliphatic rings. The van der Waals surface area contributed by atoms with E-state index in [1.165, 1.54) is 12.1 Å². The highest BCUT2D eigenvalue weighted by Gasteiger charge is 2.19. The minimum Gasteiger partial charge on any atom is -0.488 e. The fraction of sp³-hybridized carbons (Fsp3) is 0.0833. The summed E-state index contributed by atoms with van der Waals surface area (Å²) in [5.74, 6) is -1.45. The first-order valence-corrected chi connectivity index (χ1v) is 9.38. The molecule has 3 N–H and O–H groups in total. The monoisotopic (exact) mass is 401 g/mol. The highest BCUT2D eigenvalue weighted by Crippen LogP contribution is 2.36. The summed E-state index contributed by atoms with van der Waals surface area (Å²) in [4.78, 5) is 26.2. The van der Waals surface area contributed by atoms with Gasteiger partial charge in [-0.25, -0.2) is 4.79 Å². The molecule has 0 amide bonds. The van der Waals surface area contributed by atoms with Crippen LogP contribution >= 0.6 is 0 Å². The van der Waals surface area contributed by atoms with Crippen LogP contribution in [0.15, 0.2) is 72.8 Å². The minimum absolute atomic E-state index is 0.105. The number of carboxylic acids is 2. The van der Waals surface area contributed by atoms with E-state index in [0.717, 1.165) is 11.1 Å². The van der Waals surface area contributed by atoms with Gasteiger partial charge in [0.2, 0.25) is 0 Å². The van der Waals surface area contributed by atoms with Crippen molar-refractivity contribution in [3.63, 3.8) is 0 Å². The smallest absolute Gasteiger partial charge is 0.335 e. The Balaban J connectivity index is 1.80. The molecule has 0 radical (unpaired) electrons. The standard InChI is InChI=1S/C24H19NO5/c26-22(27)13-19-18-12-16(24(28)29)10-11-20(18)25-23(19)17-8-4-5-9-21(17)30-14-15-6-2-1-3-7-15/h1-12,25H,13-14H2,(H,26,27)(H,28,29). The Labute approximate surface area is 172 Å². The highest BCUT2D eigenvalue weighted by atomic mass is 16.5. The summed E-state index contributed by atoms with van der Waals surface area (Å²) in [5.41, 5.74) is 3.64. The second-order valence-electron chi connectivity index (χ2n) is 6.89. The van der Waals surface area contributed by atoms with Crippen LogP contribution in [-0.4, -0.2) is 27.1 Å². The van der Waals surface area contributed by atoms with Gasteiger partial charge in [-0.3, -0.25) is 4.79 Å². The number of hydrogen-bond donors (Lipinski definition) is 3. The third-order valence-corrected chi connectivity index (χ3v) is 4.87. The molecule has 30 heavy (non-hydrogen) atoms. The fourth-order valence-corrected chi connectivity index (χ4v) is 3.48. The Morgan fingerprint density at radius 1 is 0.900 bits per heavy atom. The van der Waals surface area contributed by atoms with Crippen molar-refractivity contribution < 1.29 is 24.5 Å². The predicted octanol–water partition coefficient (Wildman–Crippen LogP) is 4.74. The van der Waals surface area contributed by atoms with Crippen LogP contribution in [0.1, 0.15) is 21.5 Å². The summed E-state index contributed by atoms with van der Waals surface area (Å²) >= 11 is 0. The van der Waals surface area contributed by atoms with Gasteiger partial charge in [0.15, 0.2) is 0 Å². The van der Waals surface area contributed by atoms with Crippen molar-refractivity contribution in [3.05, 3.63) is 89.5 Å². The number of aromatic nitrogens is 1. The van der Waals surface area contributed by atoms with E-state index in [-0.39, 0.29) is 12.0 Å². The van der Waals surface area contributed by atoms with Gasteiger partial charge in [-0.15, -0.1) is 0 Å². The van der Waals surface area contributed by atoms with Gasteiger partial charge in [0, 0.05) is 16.5 Å². The van der Waals surface area contributed by atoms with Gasteiger partial charge < -0.3 is 19.9 Å². The number of rotatable bonds is 7. The van der Waals surface area contributed by atoms with Crippen molar-refractivity contribution >= 4 is 22.8 Å². The average molecular weight is 401 g/mol. The molecular formula is C24H19NO5. The van der Waals surface area contributed by atoms with Crippen LogP contribution in [0.3, 0.4) is 0 Å².